The van der Waals surface area contributed by atoms with Crippen LogP contribution in [0.25, 0.3) is 0 Å². The molecule has 1 fully saturated rings. The molecular formula is C8H11ClN4O2. The molecule has 0 amide bonds. The molecule has 0 spiro atoms. The minimum absolute atomic E-state index is 0.00280. The summed E-state index contributed by atoms with van der Waals surface area (Å²) in [5, 5.41) is 0.362. The molecule has 0 saturated carbocycles. The van der Waals surface area contributed by atoms with E-state index in [2.05, 4.69) is 15.4 Å². The van der Waals surface area contributed by atoms with Gasteiger partial charge in [-0.05, 0) is 0 Å². The van der Waals surface area contributed by atoms with E-state index in [-0.39, 0.29) is 12.1 Å². The Balaban J connectivity index is 2.11. The number of nitrogen functional groups attached to an aromatic ring is 1. The summed E-state index contributed by atoms with van der Waals surface area (Å²) in [4.78, 5) is 7.84. The highest BCUT2D eigenvalue weighted by atomic mass is 35.5. The van der Waals surface area contributed by atoms with Gasteiger partial charge in [0.05, 0.1) is 19.4 Å². The van der Waals surface area contributed by atoms with Crippen molar-refractivity contribution in [3.63, 3.8) is 0 Å². The lowest BCUT2D eigenvalue weighted by Gasteiger charge is -2.12. The zero-order chi connectivity index (χ0) is 10.7. The highest BCUT2D eigenvalue weighted by molar-refractivity contribution is 6.31. The van der Waals surface area contributed by atoms with Gasteiger partial charge in [-0.15, -0.1) is 0 Å². The van der Waals surface area contributed by atoms with Gasteiger partial charge in [-0.1, -0.05) is 11.6 Å². The predicted molar refractivity (Wildman–Crippen MR) is 54.7 cm³/mol. The minimum Gasteiger partial charge on any atom is -0.471 e. The molecule has 15 heavy (non-hydrogen) atoms. The molecule has 1 aliphatic heterocycles. The third-order valence-electron chi connectivity index (χ3n) is 2.01. The van der Waals surface area contributed by atoms with Gasteiger partial charge in [0.25, 0.3) is 0 Å². The second kappa shape index (κ2) is 4.61. The van der Waals surface area contributed by atoms with Crippen molar-refractivity contribution in [1.82, 2.24) is 9.97 Å². The van der Waals surface area contributed by atoms with Crippen LogP contribution in [0.5, 0.6) is 5.88 Å². The van der Waals surface area contributed by atoms with Crippen molar-refractivity contribution in [2.24, 2.45) is 5.84 Å². The van der Waals surface area contributed by atoms with Crippen LogP contribution in [0.3, 0.4) is 0 Å². The lowest BCUT2D eigenvalue weighted by atomic mass is 10.3. The Kier molecular flexibility index (Phi) is 3.20. The molecule has 1 saturated heterocycles. The van der Waals surface area contributed by atoms with E-state index in [4.69, 9.17) is 26.9 Å². The molecule has 1 aliphatic rings. The number of hydrogen-bond acceptors (Lipinski definition) is 6. The van der Waals surface area contributed by atoms with Crippen molar-refractivity contribution < 1.29 is 9.47 Å². The second-order valence-electron chi connectivity index (χ2n) is 3.09. The highest BCUT2D eigenvalue weighted by Crippen LogP contribution is 2.24. The van der Waals surface area contributed by atoms with Gasteiger partial charge in [-0.25, -0.2) is 10.8 Å². The second-order valence-corrected chi connectivity index (χ2v) is 3.50. The number of hydrazine groups is 1. The molecule has 82 valence electrons. The zero-order valence-electron chi connectivity index (χ0n) is 7.94. The van der Waals surface area contributed by atoms with Crippen molar-refractivity contribution in [3.05, 3.63) is 11.2 Å². The Hall–Kier alpha value is -1.11. The van der Waals surface area contributed by atoms with Crippen LogP contribution in [0.4, 0.5) is 5.95 Å². The standard InChI is InChI=1S/C8H11ClN4O2/c9-6-3-11-8(13-10)12-7(6)15-5-1-2-14-4-5/h3,5H,1-2,4,10H2,(H,11,12,13). The van der Waals surface area contributed by atoms with Gasteiger partial charge >= 0.3 is 0 Å². The highest BCUT2D eigenvalue weighted by Gasteiger charge is 2.19. The van der Waals surface area contributed by atoms with E-state index < -0.39 is 0 Å². The molecule has 2 rings (SSSR count). The van der Waals surface area contributed by atoms with Gasteiger partial charge in [-0.2, -0.15) is 4.98 Å². The maximum atomic E-state index is 5.87. The van der Waals surface area contributed by atoms with Gasteiger partial charge in [0.1, 0.15) is 11.1 Å². The Morgan fingerprint density at radius 1 is 1.67 bits per heavy atom. The maximum absolute atomic E-state index is 5.87. The number of anilines is 1. The van der Waals surface area contributed by atoms with E-state index in [0.29, 0.717) is 24.1 Å². The van der Waals surface area contributed by atoms with E-state index in [9.17, 15) is 0 Å². The summed E-state index contributed by atoms with van der Waals surface area (Å²) < 4.78 is 10.7. The van der Waals surface area contributed by atoms with Crippen molar-refractivity contribution in [1.29, 1.82) is 0 Å². The molecule has 6 nitrogen and oxygen atoms in total. The van der Waals surface area contributed by atoms with Crippen LogP contribution in [-0.2, 0) is 4.74 Å². The monoisotopic (exact) mass is 230 g/mol. The Bertz CT molecular complexity index is 343. The van der Waals surface area contributed by atoms with Gasteiger partial charge in [0, 0.05) is 6.42 Å². The molecule has 3 N–H and O–H groups in total. The fourth-order valence-electron chi connectivity index (χ4n) is 1.27. The molecule has 0 aliphatic carbocycles. The lowest BCUT2D eigenvalue weighted by Crippen LogP contribution is -2.18. The molecule has 7 heteroatoms. The largest absolute Gasteiger partial charge is 0.471 e. The van der Waals surface area contributed by atoms with Crippen molar-refractivity contribution >= 4 is 17.5 Å². The summed E-state index contributed by atoms with van der Waals surface area (Å²) in [6, 6.07) is 0. The average molecular weight is 231 g/mol. The van der Waals surface area contributed by atoms with E-state index in [1.54, 1.807) is 0 Å². The number of rotatable bonds is 3. The van der Waals surface area contributed by atoms with Gasteiger partial charge in [0.15, 0.2) is 0 Å². The molecular weight excluding hydrogens is 220 g/mol. The van der Waals surface area contributed by atoms with Crippen LogP contribution < -0.4 is 16.0 Å². The zero-order valence-corrected chi connectivity index (χ0v) is 8.70. The first-order chi connectivity index (χ1) is 7.29. The maximum Gasteiger partial charge on any atom is 0.240 e. The van der Waals surface area contributed by atoms with E-state index in [1.165, 1.54) is 6.20 Å². The molecule has 2 heterocycles. The molecule has 1 atom stereocenters. The van der Waals surface area contributed by atoms with Crippen LogP contribution in [-0.4, -0.2) is 29.3 Å². The predicted octanol–water partition coefficient (Wildman–Crippen LogP) is 0.583. The molecule has 0 bridgehead atoms. The van der Waals surface area contributed by atoms with Gasteiger partial charge in [-0.3, -0.25) is 5.43 Å². The van der Waals surface area contributed by atoms with Crippen molar-refractivity contribution in [2.45, 2.75) is 12.5 Å². The number of aromatic nitrogens is 2. The van der Waals surface area contributed by atoms with Crippen LogP contribution in [0.1, 0.15) is 6.42 Å². The minimum atomic E-state index is 0.00280. The molecule has 0 radical (unpaired) electrons. The summed E-state index contributed by atoms with van der Waals surface area (Å²) in [5.74, 6) is 5.78. The first kappa shape index (κ1) is 10.4. The molecule has 1 aromatic rings. The number of nitrogens with two attached hydrogens (primary N) is 1. The van der Waals surface area contributed by atoms with Crippen molar-refractivity contribution in [2.75, 3.05) is 18.6 Å². The smallest absolute Gasteiger partial charge is 0.240 e. The Labute approximate surface area is 91.7 Å². The molecule has 0 aromatic carbocycles. The Morgan fingerprint density at radius 2 is 2.53 bits per heavy atom. The summed E-state index contributed by atoms with van der Waals surface area (Å²) in [6.45, 7) is 1.26. The van der Waals surface area contributed by atoms with Crippen LogP contribution in [0, 0.1) is 0 Å². The molecule has 1 unspecified atom stereocenters. The topological polar surface area (TPSA) is 82.3 Å². The van der Waals surface area contributed by atoms with Gasteiger partial charge in [0.2, 0.25) is 11.8 Å². The summed E-state index contributed by atoms with van der Waals surface area (Å²) in [7, 11) is 0. The van der Waals surface area contributed by atoms with E-state index in [1.807, 2.05) is 0 Å². The third kappa shape index (κ3) is 2.47. The number of nitrogens with one attached hydrogen (secondary N) is 1. The number of nitrogens with zero attached hydrogens (tertiary/aromatic N) is 2. The SMILES string of the molecule is NNc1ncc(Cl)c(OC2CCOC2)n1. The molecule has 1 aromatic heterocycles. The van der Waals surface area contributed by atoms with E-state index in [0.717, 1.165) is 6.42 Å². The van der Waals surface area contributed by atoms with E-state index >= 15 is 0 Å². The quantitative estimate of drug-likeness (QED) is 0.584. The van der Waals surface area contributed by atoms with Crippen LogP contribution >= 0.6 is 11.6 Å². The first-order valence-electron chi connectivity index (χ1n) is 4.53. The van der Waals surface area contributed by atoms with Crippen molar-refractivity contribution in [3.8, 4) is 5.88 Å². The summed E-state index contributed by atoms with van der Waals surface area (Å²) >= 11 is 5.87. The van der Waals surface area contributed by atoms with Crippen LogP contribution in [0.2, 0.25) is 5.02 Å². The number of halogens is 1. The first-order valence-corrected chi connectivity index (χ1v) is 4.91. The number of hydrogen-bond donors (Lipinski definition) is 2. The number of ether oxygens (including phenoxy) is 2. The lowest BCUT2D eigenvalue weighted by molar-refractivity contribution is 0.138. The summed E-state index contributed by atoms with van der Waals surface area (Å²) in [6.07, 6.45) is 2.28. The fourth-order valence-corrected chi connectivity index (χ4v) is 1.40. The van der Waals surface area contributed by atoms with Gasteiger partial charge < -0.3 is 9.47 Å². The fraction of sp³-hybridized carbons (Fsp3) is 0.500. The average Bonchev–Trinajstić information content (AvgIpc) is 2.74. The van der Waals surface area contributed by atoms with Crippen LogP contribution in [0.15, 0.2) is 6.20 Å². The summed E-state index contributed by atoms with van der Waals surface area (Å²) in [5.41, 5.74) is 2.33. The third-order valence-corrected chi connectivity index (χ3v) is 2.27. The normalized spacial score (nSPS) is 20.3. The Morgan fingerprint density at radius 3 is 3.20 bits per heavy atom.